The van der Waals surface area contributed by atoms with Gasteiger partial charge in [0.25, 0.3) is 0 Å². The maximum absolute atomic E-state index is 12.1. The van der Waals surface area contributed by atoms with Crippen LogP contribution in [0.5, 0.6) is 0 Å². The van der Waals surface area contributed by atoms with Crippen molar-refractivity contribution in [3.63, 3.8) is 0 Å². The molecule has 9 atom stereocenters. The number of hydrogen-bond donors (Lipinski definition) is 1. The number of allylic oxidation sites excluding steroid dienone is 4. The fraction of sp³-hybridized carbons (Fsp3) is 0.731. The van der Waals surface area contributed by atoms with Crippen LogP contribution in [-0.2, 0) is 42.3 Å². The number of aliphatic hydroxyl groups is 1. The first kappa shape index (κ1) is 26.1. The van der Waals surface area contributed by atoms with Gasteiger partial charge in [-0.25, -0.2) is 0 Å². The second-order valence-corrected chi connectivity index (χ2v) is 10.7. The summed E-state index contributed by atoms with van der Waals surface area (Å²) in [6, 6.07) is 0. The Morgan fingerprint density at radius 2 is 1.70 bits per heavy atom. The van der Waals surface area contributed by atoms with Gasteiger partial charge in [-0.05, 0) is 54.6 Å². The van der Waals surface area contributed by atoms with Gasteiger partial charge in [0.2, 0.25) is 0 Å². The van der Waals surface area contributed by atoms with Gasteiger partial charge in [-0.1, -0.05) is 59.1 Å². The zero-order valence-corrected chi connectivity index (χ0v) is 22.6. The van der Waals surface area contributed by atoms with Crippen molar-refractivity contribution in [2.75, 3.05) is 0 Å². The van der Waals surface area contributed by atoms with Gasteiger partial charge in [-0.15, -0.1) is 5.41 Å². The van der Waals surface area contributed by atoms with E-state index in [1.807, 2.05) is 6.08 Å². The van der Waals surface area contributed by atoms with Gasteiger partial charge < -0.3 is 16.8 Å². The van der Waals surface area contributed by atoms with E-state index in [0.29, 0.717) is 24.2 Å². The number of hydrogen-bond acceptors (Lipinski definition) is 3. The fourth-order valence-electron chi connectivity index (χ4n) is 7.78. The first-order chi connectivity index (χ1) is 13.5. The number of ketones is 1. The normalized spacial score (nSPS) is 51.3. The van der Waals surface area contributed by atoms with Gasteiger partial charge in [0, 0.05) is 43.5 Å². The van der Waals surface area contributed by atoms with E-state index in [1.54, 1.807) is 13.0 Å². The molecule has 3 nitrogen and oxygen atoms in total. The van der Waals surface area contributed by atoms with E-state index in [1.165, 1.54) is 5.57 Å². The summed E-state index contributed by atoms with van der Waals surface area (Å²) in [5.74, 6) is 1.34. The summed E-state index contributed by atoms with van der Waals surface area (Å²) in [4.78, 5) is 24.2. The number of carbonyl (C=O) groups is 1. The van der Waals surface area contributed by atoms with Crippen molar-refractivity contribution < 1.29 is 47.4 Å². The second kappa shape index (κ2) is 8.34. The maximum Gasteiger partial charge on any atom is 0.178 e. The van der Waals surface area contributed by atoms with Crippen molar-refractivity contribution in [2.24, 2.45) is 45.3 Å². The van der Waals surface area contributed by atoms with Crippen LogP contribution in [0.2, 0.25) is 0 Å². The molecule has 30 heavy (non-hydrogen) atoms. The van der Waals surface area contributed by atoms with E-state index in [4.69, 9.17) is 0 Å². The minimum absolute atomic E-state index is 0. The van der Waals surface area contributed by atoms with Crippen molar-refractivity contribution in [3.05, 3.63) is 30.7 Å². The fourth-order valence-corrected chi connectivity index (χ4v) is 7.78. The quantitative estimate of drug-likeness (QED) is 0.524. The third kappa shape index (κ3) is 3.01. The zero-order valence-electron chi connectivity index (χ0n) is 19.8. The van der Waals surface area contributed by atoms with E-state index in [9.17, 15) is 14.7 Å². The molecular formula is C26H38O3Y-2. The van der Waals surface area contributed by atoms with Crippen LogP contribution in [0, 0.1) is 52.3 Å². The average molecular weight is 487 g/mol. The van der Waals surface area contributed by atoms with Crippen LogP contribution in [0.4, 0.5) is 0 Å². The summed E-state index contributed by atoms with van der Waals surface area (Å²) >= 11 is 0. The molecule has 4 aliphatic carbocycles. The van der Waals surface area contributed by atoms with E-state index in [2.05, 4.69) is 60.8 Å². The molecule has 0 bridgehead atoms. The number of fused-ring (bicyclic) bond motifs is 5. The molecule has 0 aromatic rings. The maximum atomic E-state index is 12.1. The summed E-state index contributed by atoms with van der Waals surface area (Å²) in [5, 5.41) is 11.6. The Labute approximate surface area is 208 Å². The third-order valence-electron chi connectivity index (χ3n) is 10.1. The van der Waals surface area contributed by atoms with Gasteiger partial charge in [-0.3, -0.25) is 11.1 Å². The molecule has 3 fully saturated rings. The molecule has 0 saturated heterocycles. The average Bonchev–Trinajstić information content (AvgIpc) is 2.88. The third-order valence-corrected chi connectivity index (χ3v) is 10.1. The Hall–Kier alpha value is -0.116. The van der Waals surface area contributed by atoms with Crippen LogP contribution < -0.4 is 0 Å². The smallest absolute Gasteiger partial charge is 0.178 e. The Morgan fingerprint density at radius 1 is 1.10 bits per heavy atom. The Kier molecular flexibility index (Phi) is 7.27. The monoisotopic (exact) mass is 487 g/mol. The first-order valence-corrected chi connectivity index (χ1v) is 11.2. The molecule has 1 N–H and O–H groups in total. The molecule has 0 aliphatic heterocycles. The second-order valence-electron chi connectivity index (χ2n) is 10.7. The van der Waals surface area contributed by atoms with Crippen molar-refractivity contribution in [1.29, 1.82) is 0 Å². The van der Waals surface area contributed by atoms with Gasteiger partial charge in [0.15, 0.2) is 5.78 Å². The van der Waals surface area contributed by atoms with Gasteiger partial charge >= 0.3 is 0 Å². The van der Waals surface area contributed by atoms with Gasteiger partial charge in [0.1, 0.15) is 0 Å². The molecule has 0 aromatic carbocycles. The zero-order chi connectivity index (χ0) is 22.0. The van der Waals surface area contributed by atoms with E-state index in [-0.39, 0.29) is 60.7 Å². The molecule has 0 heterocycles. The van der Waals surface area contributed by atoms with Crippen LogP contribution >= 0.6 is 0 Å². The summed E-state index contributed by atoms with van der Waals surface area (Å²) in [6.45, 7) is 18.1. The summed E-state index contributed by atoms with van der Waals surface area (Å²) in [6.07, 6.45) is 10.1. The summed E-state index contributed by atoms with van der Waals surface area (Å²) < 4.78 is 0. The van der Waals surface area contributed by atoms with Crippen LogP contribution in [-0.4, -0.2) is 23.3 Å². The SMILES string of the molecule is C[C@@H]1CC2C3C[C@H](C)C4=CC(=O)C=CC4(C)[C@@]3(C)C(O)CC2(C)[C@@]1(C)[C-]=O.[CH2-]C.[Y]. The molecule has 4 aliphatic rings. The molecule has 1 radical (unpaired) electrons. The molecule has 165 valence electrons. The van der Waals surface area contributed by atoms with E-state index < -0.39 is 11.5 Å². The van der Waals surface area contributed by atoms with Crippen LogP contribution in [0.15, 0.2) is 23.8 Å². The molecule has 0 spiro atoms. The van der Waals surface area contributed by atoms with Crippen LogP contribution in [0.1, 0.15) is 67.7 Å². The number of carbonyl (C=O) groups excluding carboxylic acids is 2. The van der Waals surface area contributed by atoms with Crippen LogP contribution in [0.3, 0.4) is 0 Å². The Morgan fingerprint density at radius 3 is 2.27 bits per heavy atom. The molecule has 5 unspecified atom stereocenters. The van der Waals surface area contributed by atoms with Crippen LogP contribution in [0.25, 0.3) is 0 Å². The van der Waals surface area contributed by atoms with E-state index >= 15 is 0 Å². The largest absolute Gasteiger partial charge is 0.541 e. The van der Waals surface area contributed by atoms with E-state index in [0.717, 1.165) is 12.8 Å². The van der Waals surface area contributed by atoms with Gasteiger partial charge in [0.05, 0.1) is 6.10 Å². The van der Waals surface area contributed by atoms with Gasteiger partial charge in [-0.2, -0.15) is 6.92 Å². The molecule has 4 heteroatoms. The number of rotatable bonds is 1. The van der Waals surface area contributed by atoms with Crippen molar-refractivity contribution in [2.45, 2.75) is 73.8 Å². The molecular weight excluding hydrogens is 449 g/mol. The first-order valence-electron chi connectivity index (χ1n) is 11.2. The standard InChI is InChI=1S/C24H33O3.C2H5.Y/c1-14-9-19-18-10-15(2)23(5,13-25)22(18,4)12-20(27)24(19,6)21(3)8-7-16(26)11-17(14)21;1-2;/h7-8,11,14-15,18-20,27H,9-10,12H2,1-6H3;1H2,2H3;/q2*-1;/t14-,15+,18?,19?,20?,21?,22?,23-,24+;;/m0../s1. The van der Waals surface area contributed by atoms with Crippen molar-refractivity contribution in [1.82, 2.24) is 0 Å². The number of aliphatic hydroxyl groups excluding tert-OH is 1. The predicted molar refractivity (Wildman–Crippen MR) is 117 cm³/mol. The minimum atomic E-state index is -0.515. The minimum Gasteiger partial charge on any atom is -0.541 e. The molecule has 0 amide bonds. The topological polar surface area (TPSA) is 54.4 Å². The molecule has 4 rings (SSSR count). The molecule has 0 aromatic heterocycles. The summed E-state index contributed by atoms with van der Waals surface area (Å²) in [5.41, 5.74) is -0.230. The Bertz CT molecular complexity index is 772. The Balaban J connectivity index is 0.00000104. The van der Waals surface area contributed by atoms with Crippen molar-refractivity contribution >= 4 is 12.1 Å². The predicted octanol–water partition coefficient (Wildman–Crippen LogP) is 5.10. The molecule has 3 saturated carbocycles. The van der Waals surface area contributed by atoms with Crippen molar-refractivity contribution in [3.8, 4) is 0 Å². The summed E-state index contributed by atoms with van der Waals surface area (Å²) in [7, 11) is 0.